The lowest BCUT2D eigenvalue weighted by Gasteiger charge is -2.21. The second-order valence-electron chi connectivity index (χ2n) is 5.40. The summed E-state index contributed by atoms with van der Waals surface area (Å²) in [7, 11) is 0. The van der Waals surface area contributed by atoms with Crippen LogP contribution in [0.4, 0.5) is 4.79 Å². The smallest absolute Gasteiger partial charge is 0.315 e. The number of carbonyl (C=O) groups is 2. The molecule has 19 heavy (non-hydrogen) atoms. The first-order chi connectivity index (χ1) is 8.78. The zero-order chi connectivity index (χ0) is 14.5. The molecule has 1 rings (SSSR count). The Balaban J connectivity index is 2.62. The van der Waals surface area contributed by atoms with E-state index in [-0.39, 0.29) is 18.0 Å². The van der Waals surface area contributed by atoms with Gasteiger partial charge in [0.15, 0.2) is 0 Å². The Labute approximate surface area is 113 Å². The molecule has 104 valence electrons. The highest BCUT2D eigenvalue weighted by Crippen LogP contribution is 2.09. The van der Waals surface area contributed by atoms with Gasteiger partial charge in [-0.05, 0) is 31.9 Å². The lowest BCUT2D eigenvalue weighted by Crippen LogP contribution is -2.46. The minimum atomic E-state index is -0.883. The highest BCUT2D eigenvalue weighted by molar-refractivity contribution is 5.75. The highest BCUT2D eigenvalue weighted by Gasteiger charge is 2.13. The summed E-state index contributed by atoms with van der Waals surface area (Å²) in [6.45, 7) is 5.99. The molecule has 1 aromatic carbocycles. The van der Waals surface area contributed by atoms with Gasteiger partial charge in [-0.2, -0.15) is 0 Å². The summed E-state index contributed by atoms with van der Waals surface area (Å²) in [6, 6.07) is 6.92. The molecule has 0 radical (unpaired) electrons. The van der Waals surface area contributed by atoms with Crippen LogP contribution in [0.3, 0.4) is 0 Å². The van der Waals surface area contributed by atoms with E-state index >= 15 is 0 Å². The van der Waals surface area contributed by atoms with Crippen LogP contribution in [0.15, 0.2) is 24.3 Å². The standard InChI is InChI=1S/C14H20N2O3/c1-14(2,3)16-13(19)15-9-11-7-5-4-6-10(11)8-12(17)18/h4-7H,8-9H2,1-3H3,(H,17,18)(H2,15,16,19). The number of aliphatic carboxylic acids is 1. The van der Waals surface area contributed by atoms with Crippen molar-refractivity contribution in [3.05, 3.63) is 35.4 Å². The maximum Gasteiger partial charge on any atom is 0.315 e. The molecular formula is C14H20N2O3. The van der Waals surface area contributed by atoms with Crippen molar-refractivity contribution in [3.8, 4) is 0 Å². The van der Waals surface area contributed by atoms with Gasteiger partial charge < -0.3 is 15.7 Å². The number of nitrogens with one attached hydrogen (secondary N) is 2. The van der Waals surface area contributed by atoms with E-state index in [1.54, 1.807) is 12.1 Å². The third-order valence-corrected chi connectivity index (χ3v) is 2.39. The molecule has 0 aliphatic rings. The molecule has 0 spiro atoms. The number of amides is 2. The van der Waals surface area contributed by atoms with Crippen LogP contribution in [-0.4, -0.2) is 22.6 Å². The number of hydrogen-bond acceptors (Lipinski definition) is 2. The summed E-state index contributed by atoms with van der Waals surface area (Å²) in [5.74, 6) is -0.883. The molecule has 0 atom stereocenters. The van der Waals surface area contributed by atoms with Gasteiger partial charge in [0.2, 0.25) is 0 Å². The lowest BCUT2D eigenvalue weighted by atomic mass is 10.0. The molecule has 5 nitrogen and oxygen atoms in total. The molecule has 3 N–H and O–H groups in total. The molecular weight excluding hydrogens is 244 g/mol. The van der Waals surface area contributed by atoms with E-state index < -0.39 is 5.97 Å². The third kappa shape index (κ3) is 5.90. The maximum absolute atomic E-state index is 11.6. The minimum Gasteiger partial charge on any atom is -0.481 e. The molecule has 0 fully saturated rings. The Morgan fingerprint density at radius 2 is 1.74 bits per heavy atom. The first kappa shape index (κ1) is 15.0. The minimum absolute atomic E-state index is 0.0429. The van der Waals surface area contributed by atoms with E-state index in [9.17, 15) is 9.59 Å². The number of urea groups is 1. The zero-order valence-corrected chi connectivity index (χ0v) is 11.5. The average molecular weight is 264 g/mol. The average Bonchev–Trinajstić information content (AvgIpc) is 2.24. The van der Waals surface area contributed by atoms with E-state index in [0.717, 1.165) is 5.56 Å². The summed E-state index contributed by atoms with van der Waals surface area (Å²) in [6.07, 6.45) is -0.0429. The van der Waals surface area contributed by atoms with E-state index in [2.05, 4.69) is 10.6 Å². The summed E-state index contributed by atoms with van der Waals surface area (Å²) in [5.41, 5.74) is 1.23. The van der Waals surface area contributed by atoms with Gasteiger partial charge in [-0.25, -0.2) is 4.79 Å². The predicted molar refractivity (Wildman–Crippen MR) is 72.9 cm³/mol. The van der Waals surface area contributed by atoms with Crippen molar-refractivity contribution in [2.24, 2.45) is 0 Å². The molecule has 0 aliphatic carbocycles. The van der Waals surface area contributed by atoms with Crippen molar-refractivity contribution >= 4 is 12.0 Å². The summed E-state index contributed by atoms with van der Waals surface area (Å²) in [4.78, 5) is 22.4. The van der Waals surface area contributed by atoms with Crippen LogP contribution >= 0.6 is 0 Å². The lowest BCUT2D eigenvalue weighted by molar-refractivity contribution is -0.136. The summed E-state index contributed by atoms with van der Waals surface area (Å²) < 4.78 is 0. The van der Waals surface area contributed by atoms with Crippen LogP contribution in [0.25, 0.3) is 0 Å². The molecule has 0 bridgehead atoms. The number of carboxylic acids is 1. The molecule has 2 amide bonds. The van der Waals surface area contributed by atoms with Gasteiger partial charge in [0.05, 0.1) is 6.42 Å². The number of rotatable bonds is 4. The van der Waals surface area contributed by atoms with Gasteiger partial charge in [0, 0.05) is 12.1 Å². The van der Waals surface area contributed by atoms with Crippen LogP contribution in [0.5, 0.6) is 0 Å². The maximum atomic E-state index is 11.6. The van der Waals surface area contributed by atoms with Gasteiger partial charge in [-0.1, -0.05) is 24.3 Å². The SMILES string of the molecule is CC(C)(C)NC(=O)NCc1ccccc1CC(=O)O. The first-order valence-electron chi connectivity index (χ1n) is 6.12. The van der Waals surface area contributed by atoms with Crippen molar-refractivity contribution in [1.29, 1.82) is 0 Å². The third-order valence-electron chi connectivity index (χ3n) is 2.39. The fraction of sp³-hybridized carbons (Fsp3) is 0.429. The van der Waals surface area contributed by atoms with Gasteiger partial charge in [-0.3, -0.25) is 4.79 Å². The number of hydrogen-bond donors (Lipinski definition) is 3. The van der Waals surface area contributed by atoms with Crippen molar-refractivity contribution in [3.63, 3.8) is 0 Å². The quantitative estimate of drug-likeness (QED) is 0.777. The van der Waals surface area contributed by atoms with E-state index in [1.807, 2.05) is 32.9 Å². The second-order valence-corrected chi connectivity index (χ2v) is 5.40. The van der Waals surface area contributed by atoms with E-state index in [1.165, 1.54) is 0 Å². The van der Waals surface area contributed by atoms with Crippen LogP contribution in [0.2, 0.25) is 0 Å². The Kier molecular flexibility index (Phi) is 4.92. The predicted octanol–water partition coefficient (Wildman–Crippen LogP) is 1.91. The Morgan fingerprint density at radius 3 is 2.26 bits per heavy atom. The molecule has 5 heteroatoms. The molecule has 0 aliphatic heterocycles. The number of carboxylic acid groups (broad SMARTS) is 1. The zero-order valence-electron chi connectivity index (χ0n) is 11.5. The van der Waals surface area contributed by atoms with Crippen molar-refractivity contribution in [2.75, 3.05) is 0 Å². The molecule has 0 unspecified atom stereocenters. The molecule has 0 saturated carbocycles. The van der Waals surface area contributed by atoms with Crippen molar-refractivity contribution in [2.45, 2.75) is 39.3 Å². The van der Waals surface area contributed by atoms with Crippen LogP contribution < -0.4 is 10.6 Å². The van der Waals surface area contributed by atoms with E-state index in [4.69, 9.17) is 5.11 Å². The van der Waals surface area contributed by atoms with E-state index in [0.29, 0.717) is 12.1 Å². The van der Waals surface area contributed by atoms with Crippen molar-refractivity contribution < 1.29 is 14.7 Å². The normalized spacial score (nSPS) is 10.9. The Hall–Kier alpha value is -2.04. The topological polar surface area (TPSA) is 78.4 Å². The van der Waals surface area contributed by atoms with Gasteiger partial charge in [0.25, 0.3) is 0 Å². The van der Waals surface area contributed by atoms with Crippen molar-refractivity contribution in [1.82, 2.24) is 10.6 Å². The highest BCUT2D eigenvalue weighted by atomic mass is 16.4. The molecule has 0 heterocycles. The first-order valence-corrected chi connectivity index (χ1v) is 6.12. The van der Waals surface area contributed by atoms with Gasteiger partial charge in [-0.15, -0.1) is 0 Å². The second kappa shape index (κ2) is 6.22. The largest absolute Gasteiger partial charge is 0.481 e. The van der Waals surface area contributed by atoms with Crippen LogP contribution in [0.1, 0.15) is 31.9 Å². The monoisotopic (exact) mass is 264 g/mol. The van der Waals surface area contributed by atoms with Gasteiger partial charge in [0.1, 0.15) is 0 Å². The van der Waals surface area contributed by atoms with Gasteiger partial charge >= 0.3 is 12.0 Å². The Morgan fingerprint density at radius 1 is 1.16 bits per heavy atom. The fourth-order valence-corrected chi connectivity index (χ4v) is 1.63. The fourth-order valence-electron chi connectivity index (χ4n) is 1.63. The number of carbonyl (C=O) groups excluding carboxylic acids is 1. The molecule has 0 saturated heterocycles. The number of benzene rings is 1. The summed E-state index contributed by atoms with van der Waals surface area (Å²) in [5, 5.41) is 14.3. The van der Waals surface area contributed by atoms with Crippen LogP contribution in [0, 0.1) is 0 Å². The molecule has 1 aromatic rings. The summed E-state index contributed by atoms with van der Waals surface area (Å²) >= 11 is 0. The Bertz CT molecular complexity index is 464. The van der Waals surface area contributed by atoms with Crippen LogP contribution in [-0.2, 0) is 17.8 Å². The molecule has 0 aromatic heterocycles.